The van der Waals surface area contributed by atoms with Crippen LogP contribution < -0.4 is 0 Å². The largest absolute Gasteiger partial charge is 0.295 e. The summed E-state index contributed by atoms with van der Waals surface area (Å²) in [6, 6.07) is 0. The lowest BCUT2D eigenvalue weighted by Crippen LogP contribution is -2.30. The van der Waals surface area contributed by atoms with Crippen LogP contribution >= 0.6 is 0 Å². The van der Waals surface area contributed by atoms with Gasteiger partial charge in [0.15, 0.2) is 5.78 Å². The molecule has 1 heteroatoms. The summed E-state index contributed by atoms with van der Waals surface area (Å²) in [4.78, 5) is 11.3. The second kappa shape index (κ2) is 3.08. The van der Waals surface area contributed by atoms with E-state index in [1.807, 2.05) is 0 Å². The van der Waals surface area contributed by atoms with Gasteiger partial charge >= 0.3 is 0 Å². The maximum Gasteiger partial charge on any atom is 0.155 e. The van der Waals surface area contributed by atoms with E-state index in [4.69, 9.17) is 0 Å². The van der Waals surface area contributed by atoms with E-state index in [0.29, 0.717) is 11.8 Å². The molecule has 0 unspecified atom stereocenters. The molecule has 0 aliphatic heterocycles. The Kier molecular flexibility index (Phi) is 2.13. The van der Waals surface area contributed by atoms with Crippen LogP contribution in [0.4, 0.5) is 0 Å². The number of fused-ring (bicyclic) bond motifs is 1. The third-order valence-electron chi connectivity index (χ3n) is 4.10. The second-order valence-electron chi connectivity index (χ2n) is 4.97. The van der Waals surface area contributed by atoms with E-state index in [1.54, 1.807) is 6.92 Å². The van der Waals surface area contributed by atoms with Gasteiger partial charge in [-0.1, -0.05) is 32.1 Å². The molecule has 0 aromatic rings. The molecule has 0 fully saturated rings. The highest BCUT2D eigenvalue weighted by Crippen LogP contribution is 2.50. The molecule has 0 saturated heterocycles. The molecule has 0 radical (unpaired) electrons. The van der Waals surface area contributed by atoms with E-state index >= 15 is 0 Å². The van der Waals surface area contributed by atoms with Gasteiger partial charge in [-0.15, -0.1) is 0 Å². The standard InChI is InChI=1S/C13H18O/c1-9-5-4-6-12-7-11(10(2)14)8-13(9,12)3/h4,6,8-9,12H,5,7H2,1-3H3/t9-,12+,13+/m0/s1. The summed E-state index contributed by atoms with van der Waals surface area (Å²) in [5.41, 5.74) is 1.27. The first kappa shape index (κ1) is 9.70. The minimum atomic E-state index is 0.232. The number of rotatable bonds is 1. The van der Waals surface area contributed by atoms with Crippen LogP contribution in [-0.4, -0.2) is 5.78 Å². The van der Waals surface area contributed by atoms with Crippen molar-refractivity contribution in [3.8, 4) is 0 Å². The zero-order chi connectivity index (χ0) is 10.3. The average Bonchev–Trinajstić information content (AvgIpc) is 2.45. The van der Waals surface area contributed by atoms with Gasteiger partial charge in [-0.25, -0.2) is 0 Å². The van der Waals surface area contributed by atoms with Gasteiger partial charge in [-0.3, -0.25) is 4.79 Å². The van der Waals surface area contributed by atoms with Crippen molar-refractivity contribution in [2.24, 2.45) is 17.3 Å². The van der Waals surface area contributed by atoms with Crippen LogP contribution in [0.5, 0.6) is 0 Å². The van der Waals surface area contributed by atoms with Gasteiger partial charge in [0.05, 0.1) is 0 Å². The first-order valence-corrected chi connectivity index (χ1v) is 5.43. The third-order valence-corrected chi connectivity index (χ3v) is 4.10. The SMILES string of the molecule is CC(=O)C1=C[C@@]2(C)[C@H](C=CC[C@@H]2C)C1. The molecule has 14 heavy (non-hydrogen) atoms. The average molecular weight is 190 g/mol. The van der Waals surface area contributed by atoms with Crippen LogP contribution in [0.2, 0.25) is 0 Å². The number of Topliss-reactive ketones (excluding diaryl/α,β-unsaturated/α-hetero) is 1. The smallest absolute Gasteiger partial charge is 0.155 e. The molecular formula is C13H18O. The number of hydrogen-bond donors (Lipinski definition) is 0. The molecule has 2 aliphatic carbocycles. The molecular weight excluding hydrogens is 172 g/mol. The molecule has 0 heterocycles. The van der Waals surface area contributed by atoms with E-state index in [-0.39, 0.29) is 11.2 Å². The van der Waals surface area contributed by atoms with Crippen LogP contribution in [0.1, 0.15) is 33.6 Å². The van der Waals surface area contributed by atoms with Crippen LogP contribution in [0.25, 0.3) is 0 Å². The summed E-state index contributed by atoms with van der Waals surface area (Å²) >= 11 is 0. The summed E-state index contributed by atoms with van der Waals surface area (Å²) in [5, 5.41) is 0. The normalized spacial score (nSPS) is 40.6. The lowest BCUT2D eigenvalue weighted by molar-refractivity contribution is -0.113. The lowest BCUT2D eigenvalue weighted by atomic mass is 9.67. The number of hydrogen-bond acceptors (Lipinski definition) is 1. The highest BCUT2D eigenvalue weighted by atomic mass is 16.1. The van der Waals surface area contributed by atoms with Gasteiger partial charge < -0.3 is 0 Å². The highest BCUT2D eigenvalue weighted by Gasteiger charge is 2.42. The summed E-state index contributed by atoms with van der Waals surface area (Å²) in [6.45, 7) is 6.26. The summed E-state index contributed by atoms with van der Waals surface area (Å²) < 4.78 is 0. The first-order valence-electron chi connectivity index (χ1n) is 5.43. The molecule has 0 spiro atoms. The molecule has 0 amide bonds. The third kappa shape index (κ3) is 1.26. The predicted molar refractivity (Wildman–Crippen MR) is 57.9 cm³/mol. The van der Waals surface area contributed by atoms with E-state index in [0.717, 1.165) is 18.4 Å². The zero-order valence-corrected chi connectivity index (χ0v) is 9.21. The maximum absolute atomic E-state index is 11.3. The second-order valence-corrected chi connectivity index (χ2v) is 4.97. The van der Waals surface area contributed by atoms with Gasteiger partial charge in [0.25, 0.3) is 0 Å². The van der Waals surface area contributed by atoms with Gasteiger partial charge in [0.2, 0.25) is 0 Å². The summed E-state index contributed by atoms with van der Waals surface area (Å²) in [5.74, 6) is 1.47. The molecule has 0 aromatic heterocycles. The Morgan fingerprint density at radius 2 is 2.29 bits per heavy atom. The maximum atomic E-state index is 11.3. The van der Waals surface area contributed by atoms with Crippen LogP contribution in [-0.2, 0) is 4.79 Å². The quantitative estimate of drug-likeness (QED) is 0.581. The Morgan fingerprint density at radius 3 is 2.86 bits per heavy atom. The van der Waals surface area contributed by atoms with Crippen LogP contribution in [0.3, 0.4) is 0 Å². The van der Waals surface area contributed by atoms with Crippen molar-refractivity contribution in [1.82, 2.24) is 0 Å². The van der Waals surface area contributed by atoms with Crippen molar-refractivity contribution in [3.63, 3.8) is 0 Å². The van der Waals surface area contributed by atoms with Crippen molar-refractivity contribution in [1.29, 1.82) is 0 Å². The minimum absolute atomic E-state index is 0.232. The minimum Gasteiger partial charge on any atom is -0.295 e. The van der Waals surface area contributed by atoms with Gasteiger partial charge in [0, 0.05) is 0 Å². The Hall–Kier alpha value is -0.850. The predicted octanol–water partition coefficient (Wildman–Crippen LogP) is 3.12. The zero-order valence-electron chi connectivity index (χ0n) is 9.21. The monoisotopic (exact) mass is 190 g/mol. The molecule has 0 saturated carbocycles. The molecule has 0 aromatic carbocycles. The Balaban J connectivity index is 2.35. The van der Waals surface area contributed by atoms with Gasteiger partial charge in [0.1, 0.15) is 0 Å². The fourth-order valence-electron chi connectivity index (χ4n) is 2.73. The Bertz CT molecular complexity index is 324. The molecule has 0 bridgehead atoms. The number of allylic oxidation sites excluding steroid dienone is 4. The van der Waals surface area contributed by atoms with E-state index in [9.17, 15) is 4.79 Å². The fourth-order valence-corrected chi connectivity index (χ4v) is 2.73. The molecule has 0 N–H and O–H groups in total. The van der Waals surface area contributed by atoms with Crippen molar-refractivity contribution in [2.75, 3.05) is 0 Å². The molecule has 1 nitrogen and oxygen atoms in total. The topological polar surface area (TPSA) is 17.1 Å². The van der Waals surface area contributed by atoms with E-state index in [2.05, 4.69) is 32.1 Å². The van der Waals surface area contributed by atoms with Gasteiger partial charge in [-0.05, 0) is 42.6 Å². The van der Waals surface area contributed by atoms with Crippen LogP contribution in [0.15, 0.2) is 23.8 Å². The fraction of sp³-hybridized carbons (Fsp3) is 0.615. The molecule has 2 rings (SSSR count). The van der Waals surface area contributed by atoms with E-state index in [1.165, 1.54) is 0 Å². The number of ketones is 1. The highest BCUT2D eigenvalue weighted by molar-refractivity contribution is 5.94. The first-order chi connectivity index (χ1) is 6.54. The van der Waals surface area contributed by atoms with Crippen molar-refractivity contribution in [3.05, 3.63) is 23.8 Å². The van der Waals surface area contributed by atoms with Crippen molar-refractivity contribution < 1.29 is 4.79 Å². The van der Waals surface area contributed by atoms with Crippen LogP contribution in [0, 0.1) is 17.3 Å². The van der Waals surface area contributed by atoms with Crippen molar-refractivity contribution in [2.45, 2.75) is 33.6 Å². The lowest BCUT2D eigenvalue weighted by Gasteiger charge is -2.37. The Labute approximate surface area is 85.9 Å². The Morgan fingerprint density at radius 1 is 1.57 bits per heavy atom. The number of carbonyl (C=O) groups excluding carboxylic acids is 1. The van der Waals surface area contributed by atoms with Crippen molar-refractivity contribution >= 4 is 5.78 Å². The van der Waals surface area contributed by atoms with E-state index < -0.39 is 0 Å². The number of carbonyl (C=O) groups is 1. The summed E-state index contributed by atoms with van der Waals surface area (Å²) in [7, 11) is 0. The summed E-state index contributed by atoms with van der Waals surface area (Å²) in [6.07, 6.45) is 8.90. The molecule has 76 valence electrons. The molecule has 3 atom stereocenters. The van der Waals surface area contributed by atoms with Gasteiger partial charge in [-0.2, -0.15) is 0 Å². The molecule has 2 aliphatic rings.